The van der Waals surface area contributed by atoms with Gasteiger partial charge in [-0.2, -0.15) is 0 Å². The molecule has 0 fully saturated rings. The zero-order chi connectivity index (χ0) is 17.8. The van der Waals surface area contributed by atoms with Crippen LogP contribution in [0.25, 0.3) is 11.3 Å². The third kappa shape index (κ3) is 3.75. The summed E-state index contributed by atoms with van der Waals surface area (Å²) in [7, 11) is 0. The summed E-state index contributed by atoms with van der Waals surface area (Å²) in [5.74, 6) is -0.359. The van der Waals surface area contributed by atoms with E-state index in [-0.39, 0.29) is 11.8 Å². The molecular weight excluding hydrogens is 334 g/mol. The fraction of sp³-hybridized carbons (Fsp3) is 0.105. The normalized spacial score (nSPS) is 11.4. The number of aromatic nitrogens is 1. The van der Waals surface area contributed by atoms with E-state index in [1.54, 1.807) is 0 Å². The van der Waals surface area contributed by atoms with Crippen LogP contribution in [0.1, 0.15) is 18.6 Å². The molecule has 25 heavy (non-hydrogen) atoms. The van der Waals surface area contributed by atoms with E-state index in [1.807, 2.05) is 60.7 Å². The van der Waals surface area contributed by atoms with Crippen LogP contribution in [0.4, 0.5) is 10.7 Å². The number of amides is 1. The number of para-hydroxylation sites is 1. The molecule has 0 saturated heterocycles. The van der Waals surface area contributed by atoms with Crippen LogP contribution in [0.5, 0.6) is 0 Å². The largest absolute Gasteiger partial charge is 0.316 e. The van der Waals surface area contributed by atoms with Crippen LogP contribution in [-0.4, -0.2) is 16.4 Å². The number of nitrogens with one attached hydrogen (secondary N) is 1. The van der Waals surface area contributed by atoms with Gasteiger partial charge in [-0.3, -0.25) is 14.2 Å². The Hall–Kier alpha value is -2.99. The van der Waals surface area contributed by atoms with Crippen molar-refractivity contribution in [3.05, 3.63) is 65.5 Å². The van der Waals surface area contributed by atoms with Gasteiger partial charge in [-0.05, 0) is 12.1 Å². The number of thiazole rings is 1. The summed E-state index contributed by atoms with van der Waals surface area (Å²) in [4.78, 5) is 29.1. The van der Waals surface area contributed by atoms with Gasteiger partial charge in [0.25, 0.3) is 0 Å². The van der Waals surface area contributed by atoms with Gasteiger partial charge in [-0.1, -0.05) is 59.9 Å². The van der Waals surface area contributed by atoms with Crippen molar-refractivity contribution in [2.45, 2.75) is 13.8 Å². The van der Waals surface area contributed by atoms with Gasteiger partial charge in [-0.25, -0.2) is 4.99 Å². The van der Waals surface area contributed by atoms with Crippen molar-refractivity contribution in [3.63, 3.8) is 0 Å². The van der Waals surface area contributed by atoms with E-state index in [2.05, 4.69) is 10.3 Å². The SMILES string of the molecule is CC(=O)Nc1sc(=Nc2ccccc2)n(C(C)=O)c1-c1ccccc1. The molecule has 0 radical (unpaired) electrons. The van der Waals surface area contributed by atoms with Gasteiger partial charge < -0.3 is 5.32 Å². The van der Waals surface area contributed by atoms with Gasteiger partial charge in [0.2, 0.25) is 11.8 Å². The summed E-state index contributed by atoms with van der Waals surface area (Å²) in [5.41, 5.74) is 2.22. The smallest absolute Gasteiger partial charge is 0.230 e. The molecule has 1 N–H and O–H groups in total. The lowest BCUT2D eigenvalue weighted by Gasteiger charge is -2.08. The number of benzene rings is 2. The third-order valence-electron chi connectivity index (χ3n) is 3.46. The van der Waals surface area contributed by atoms with Crippen LogP contribution in [0.3, 0.4) is 0 Å². The van der Waals surface area contributed by atoms with E-state index >= 15 is 0 Å². The summed E-state index contributed by atoms with van der Waals surface area (Å²) >= 11 is 1.28. The lowest BCUT2D eigenvalue weighted by Crippen LogP contribution is -2.21. The first-order chi connectivity index (χ1) is 12.1. The number of anilines is 1. The van der Waals surface area contributed by atoms with Crippen LogP contribution in [0.15, 0.2) is 65.7 Å². The molecule has 6 heteroatoms. The molecule has 126 valence electrons. The van der Waals surface area contributed by atoms with Crippen molar-refractivity contribution < 1.29 is 9.59 Å². The highest BCUT2D eigenvalue weighted by Gasteiger charge is 2.19. The van der Waals surface area contributed by atoms with Crippen molar-refractivity contribution in [2.24, 2.45) is 4.99 Å². The van der Waals surface area contributed by atoms with Crippen LogP contribution < -0.4 is 10.1 Å². The summed E-state index contributed by atoms with van der Waals surface area (Å²) in [5, 5.41) is 3.42. The Morgan fingerprint density at radius 2 is 1.56 bits per heavy atom. The molecule has 1 aromatic heterocycles. The summed E-state index contributed by atoms with van der Waals surface area (Å²) < 4.78 is 1.54. The topological polar surface area (TPSA) is 63.5 Å². The Balaban J connectivity index is 2.30. The summed E-state index contributed by atoms with van der Waals surface area (Å²) in [6.07, 6.45) is 0. The fourth-order valence-electron chi connectivity index (χ4n) is 2.46. The average Bonchev–Trinajstić information content (AvgIpc) is 2.93. The van der Waals surface area contributed by atoms with Crippen molar-refractivity contribution in [2.75, 3.05) is 5.32 Å². The van der Waals surface area contributed by atoms with Crippen molar-refractivity contribution in [1.82, 2.24) is 4.57 Å². The van der Waals surface area contributed by atoms with E-state index < -0.39 is 0 Å². The van der Waals surface area contributed by atoms with Gasteiger partial charge in [0.05, 0.1) is 11.4 Å². The van der Waals surface area contributed by atoms with Crippen LogP contribution in [-0.2, 0) is 4.79 Å². The van der Waals surface area contributed by atoms with Gasteiger partial charge in [0.15, 0.2) is 4.80 Å². The molecule has 0 aliphatic heterocycles. The molecule has 0 bridgehead atoms. The first kappa shape index (κ1) is 16.9. The number of hydrogen-bond acceptors (Lipinski definition) is 4. The Kier molecular flexibility index (Phi) is 4.90. The summed E-state index contributed by atoms with van der Waals surface area (Å²) in [6, 6.07) is 18.9. The molecule has 0 saturated carbocycles. The van der Waals surface area contributed by atoms with E-state index in [9.17, 15) is 9.59 Å². The molecular formula is C19H17N3O2S. The Morgan fingerprint density at radius 3 is 2.12 bits per heavy atom. The molecule has 1 heterocycles. The van der Waals surface area contributed by atoms with Crippen molar-refractivity contribution in [3.8, 4) is 11.3 Å². The minimum Gasteiger partial charge on any atom is -0.316 e. The van der Waals surface area contributed by atoms with Gasteiger partial charge in [0, 0.05) is 19.4 Å². The van der Waals surface area contributed by atoms with Gasteiger partial charge in [0.1, 0.15) is 5.00 Å². The average molecular weight is 351 g/mol. The predicted molar refractivity (Wildman–Crippen MR) is 100 cm³/mol. The lowest BCUT2D eigenvalue weighted by molar-refractivity contribution is -0.114. The first-order valence-corrected chi connectivity index (χ1v) is 8.57. The molecule has 0 atom stereocenters. The maximum atomic E-state index is 12.3. The third-order valence-corrected chi connectivity index (χ3v) is 4.41. The second-order valence-corrected chi connectivity index (χ2v) is 6.39. The van der Waals surface area contributed by atoms with Gasteiger partial charge in [-0.15, -0.1) is 0 Å². The highest BCUT2D eigenvalue weighted by Crippen LogP contribution is 2.31. The van der Waals surface area contributed by atoms with Crippen molar-refractivity contribution in [1.29, 1.82) is 0 Å². The van der Waals surface area contributed by atoms with Crippen LogP contribution >= 0.6 is 11.3 Å². The van der Waals surface area contributed by atoms with Crippen LogP contribution in [0, 0.1) is 0 Å². The highest BCUT2D eigenvalue weighted by molar-refractivity contribution is 7.14. The molecule has 0 unspecified atom stereocenters. The van der Waals surface area contributed by atoms with E-state index in [0.29, 0.717) is 15.5 Å². The first-order valence-electron chi connectivity index (χ1n) is 7.76. The molecule has 0 aliphatic rings. The monoisotopic (exact) mass is 351 g/mol. The molecule has 3 aromatic rings. The quantitative estimate of drug-likeness (QED) is 0.773. The maximum Gasteiger partial charge on any atom is 0.230 e. The van der Waals surface area contributed by atoms with E-state index in [4.69, 9.17) is 0 Å². The molecule has 0 aliphatic carbocycles. The Morgan fingerprint density at radius 1 is 0.960 bits per heavy atom. The number of carbonyl (C=O) groups excluding carboxylic acids is 2. The maximum absolute atomic E-state index is 12.3. The van der Waals surface area contributed by atoms with Crippen molar-refractivity contribution >= 4 is 33.8 Å². The highest BCUT2D eigenvalue weighted by atomic mass is 32.1. The minimum absolute atomic E-state index is 0.165. The zero-order valence-electron chi connectivity index (χ0n) is 13.9. The Labute approximate surface area is 149 Å². The zero-order valence-corrected chi connectivity index (χ0v) is 14.7. The predicted octanol–water partition coefficient (Wildman–Crippen LogP) is 4.07. The standard InChI is InChI=1S/C19H17N3O2S/c1-13(23)20-18-17(15-9-5-3-6-10-15)22(14(2)24)19(25-18)21-16-11-7-4-8-12-16/h3-12H,1-2H3,(H,20,23). The number of nitrogens with zero attached hydrogens (tertiary/aromatic N) is 2. The molecule has 2 aromatic carbocycles. The fourth-order valence-corrected chi connectivity index (χ4v) is 3.61. The Bertz CT molecular complexity index is 973. The molecule has 5 nitrogen and oxygen atoms in total. The van der Waals surface area contributed by atoms with E-state index in [0.717, 1.165) is 11.3 Å². The second-order valence-electron chi connectivity index (χ2n) is 5.41. The van der Waals surface area contributed by atoms with E-state index in [1.165, 1.54) is 29.8 Å². The molecule has 3 rings (SSSR count). The molecule has 1 amide bonds. The lowest BCUT2D eigenvalue weighted by atomic mass is 10.1. The second kappa shape index (κ2) is 7.27. The summed E-state index contributed by atoms with van der Waals surface area (Å²) in [6.45, 7) is 2.93. The number of carbonyl (C=O) groups is 2. The van der Waals surface area contributed by atoms with Gasteiger partial charge >= 0.3 is 0 Å². The number of rotatable bonds is 3. The number of hydrogen-bond donors (Lipinski definition) is 1. The minimum atomic E-state index is -0.194. The van der Waals surface area contributed by atoms with Crippen LogP contribution in [0.2, 0.25) is 0 Å². The molecule has 0 spiro atoms.